The van der Waals surface area contributed by atoms with E-state index in [-0.39, 0.29) is 12.0 Å². The van der Waals surface area contributed by atoms with Gasteiger partial charge >= 0.3 is 0 Å². The zero-order valence-electron chi connectivity index (χ0n) is 14.6. The number of nitrogens with zero attached hydrogens (tertiary/aromatic N) is 1. The lowest BCUT2D eigenvalue weighted by Gasteiger charge is -2.32. The van der Waals surface area contributed by atoms with E-state index in [0.29, 0.717) is 37.8 Å². The van der Waals surface area contributed by atoms with Gasteiger partial charge in [-0.15, -0.1) is 0 Å². The molecule has 1 aliphatic rings. The van der Waals surface area contributed by atoms with Gasteiger partial charge in [0.25, 0.3) is 5.91 Å². The van der Waals surface area contributed by atoms with Crippen LogP contribution in [0, 0.1) is 0 Å². The monoisotopic (exact) mass is 345 g/mol. The van der Waals surface area contributed by atoms with Crippen LogP contribution >= 0.6 is 0 Å². The summed E-state index contributed by atoms with van der Waals surface area (Å²) in [6, 6.07) is 11.4. The predicted molar refractivity (Wildman–Crippen MR) is 91.8 cm³/mol. The lowest BCUT2D eigenvalue weighted by Crippen LogP contribution is -2.46. The van der Waals surface area contributed by atoms with E-state index in [1.54, 1.807) is 31.3 Å². The molecular weight excluding hydrogens is 322 g/mol. The second-order valence-corrected chi connectivity index (χ2v) is 6.00. The van der Waals surface area contributed by atoms with Gasteiger partial charge in [-0.1, -0.05) is 12.1 Å². The third kappa shape index (κ3) is 4.41. The fraction of sp³-hybridized carbons (Fsp3) is 0.421. The van der Waals surface area contributed by atoms with Crippen LogP contribution in [0.4, 0.5) is 0 Å². The first-order valence-corrected chi connectivity index (χ1v) is 8.31. The van der Waals surface area contributed by atoms with E-state index in [1.807, 2.05) is 24.3 Å². The Hall–Kier alpha value is -2.31. The molecule has 1 fully saturated rings. The van der Waals surface area contributed by atoms with Crippen LogP contribution in [0.3, 0.4) is 0 Å². The highest BCUT2D eigenvalue weighted by Gasteiger charge is 2.27. The fourth-order valence-corrected chi connectivity index (χ4v) is 2.96. The number of morpholine rings is 1. The van der Waals surface area contributed by atoms with Crippen molar-refractivity contribution in [3.05, 3.63) is 53.5 Å². The SMILES string of the molecule is COCc1ccc(C(=O)N2CCO[C@H](Cc3cccc(OC)c3)C2)o1. The van der Waals surface area contributed by atoms with E-state index < -0.39 is 0 Å². The average molecular weight is 345 g/mol. The molecule has 0 aliphatic carbocycles. The maximum absolute atomic E-state index is 12.6. The van der Waals surface area contributed by atoms with Crippen LogP contribution in [0.5, 0.6) is 5.75 Å². The van der Waals surface area contributed by atoms with Crippen LogP contribution in [0.25, 0.3) is 0 Å². The predicted octanol–water partition coefficient (Wildman–Crippen LogP) is 2.52. The van der Waals surface area contributed by atoms with E-state index in [9.17, 15) is 4.79 Å². The Labute approximate surface area is 147 Å². The minimum absolute atomic E-state index is 0.0433. The summed E-state index contributed by atoms with van der Waals surface area (Å²) in [7, 11) is 3.24. The van der Waals surface area contributed by atoms with Gasteiger partial charge in [0.15, 0.2) is 5.76 Å². The van der Waals surface area contributed by atoms with Crippen molar-refractivity contribution in [2.45, 2.75) is 19.1 Å². The molecule has 0 N–H and O–H groups in total. The largest absolute Gasteiger partial charge is 0.497 e. The number of ether oxygens (including phenoxy) is 3. The molecule has 2 aromatic rings. The van der Waals surface area contributed by atoms with Gasteiger partial charge in [-0.05, 0) is 29.8 Å². The maximum Gasteiger partial charge on any atom is 0.289 e. The van der Waals surface area contributed by atoms with E-state index >= 15 is 0 Å². The Kier molecular flexibility index (Phi) is 5.73. The summed E-state index contributed by atoms with van der Waals surface area (Å²) in [4.78, 5) is 14.4. The first-order chi connectivity index (χ1) is 12.2. The van der Waals surface area contributed by atoms with E-state index in [4.69, 9.17) is 18.6 Å². The van der Waals surface area contributed by atoms with Crippen molar-refractivity contribution >= 4 is 5.91 Å². The molecule has 1 aliphatic heterocycles. The van der Waals surface area contributed by atoms with Crippen molar-refractivity contribution in [2.24, 2.45) is 0 Å². The number of amides is 1. The molecule has 0 radical (unpaired) electrons. The first kappa shape index (κ1) is 17.5. The van der Waals surface area contributed by atoms with Crippen LogP contribution in [0.1, 0.15) is 21.9 Å². The number of methoxy groups -OCH3 is 2. The number of carbonyl (C=O) groups excluding carboxylic acids is 1. The molecular formula is C19H23NO5. The smallest absolute Gasteiger partial charge is 0.289 e. The minimum Gasteiger partial charge on any atom is -0.497 e. The topological polar surface area (TPSA) is 61.1 Å². The molecule has 2 heterocycles. The van der Waals surface area contributed by atoms with Crippen molar-refractivity contribution in [1.82, 2.24) is 4.90 Å². The Morgan fingerprint density at radius 2 is 2.16 bits per heavy atom. The lowest BCUT2D eigenvalue weighted by molar-refractivity contribution is -0.0218. The van der Waals surface area contributed by atoms with Gasteiger partial charge in [-0.3, -0.25) is 4.79 Å². The summed E-state index contributed by atoms with van der Waals surface area (Å²) >= 11 is 0. The minimum atomic E-state index is -0.110. The molecule has 1 amide bonds. The molecule has 0 bridgehead atoms. The maximum atomic E-state index is 12.6. The summed E-state index contributed by atoms with van der Waals surface area (Å²) < 4.78 is 21.7. The molecule has 0 saturated carbocycles. The Morgan fingerprint density at radius 3 is 2.96 bits per heavy atom. The summed E-state index contributed by atoms with van der Waals surface area (Å²) in [5, 5.41) is 0. The van der Waals surface area contributed by atoms with Gasteiger partial charge in [0.1, 0.15) is 18.1 Å². The Balaban J connectivity index is 1.62. The summed E-state index contributed by atoms with van der Waals surface area (Å²) in [6.45, 7) is 1.98. The third-order valence-electron chi connectivity index (χ3n) is 4.18. The Bertz CT molecular complexity index is 711. The van der Waals surface area contributed by atoms with E-state index in [1.165, 1.54) is 0 Å². The van der Waals surface area contributed by atoms with Gasteiger partial charge in [0.05, 0.1) is 19.8 Å². The van der Waals surface area contributed by atoms with Crippen LogP contribution in [0.15, 0.2) is 40.8 Å². The summed E-state index contributed by atoms with van der Waals surface area (Å²) in [5.74, 6) is 1.70. The fourth-order valence-electron chi connectivity index (χ4n) is 2.96. The first-order valence-electron chi connectivity index (χ1n) is 8.31. The quantitative estimate of drug-likeness (QED) is 0.805. The Morgan fingerprint density at radius 1 is 1.28 bits per heavy atom. The molecule has 1 saturated heterocycles. The number of furan rings is 1. The number of hydrogen-bond donors (Lipinski definition) is 0. The van der Waals surface area contributed by atoms with Gasteiger partial charge in [0, 0.05) is 26.6 Å². The van der Waals surface area contributed by atoms with Gasteiger partial charge in [0.2, 0.25) is 0 Å². The van der Waals surface area contributed by atoms with Crippen LogP contribution < -0.4 is 4.74 Å². The van der Waals surface area contributed by atoms with Crippen molar-refractivity contribution in [3.8, 4) is 5.75 Å². The molecule has 1 atom stereocenters. The van der Waals surface area contributed by atoms with E-state index in [0.717, 1.165) is 17.7 Å². The number of carbonyl (C=O) groups is 1. The second kappa shape index (κ2) is 8.18. The molecule has 6 nitrogen and oxygen atoms in total. The average Bonchev–Trinajstić information content (AvgIpc) is 3.10. The standard InChI is InChI=1S/C19H23NO5/c1-22-13-16-6-7-18(25-16)19(21)20-8-9-24-17(12-20)11-14-4-3-5-15(10-14)23-2/h3-7,10,17H,8-9,11-13H2,1-2H3/t17-/m1/s1. The highest BCUT2D eigenvalue weighted by molar-refractivity contribution is 5.91. The summed E-state index contributed by atoms with van der Waals surface area (Å²) in [5.41, 5.74) is 1.12. The number of benzene rings is 1. The molecule has 3 rings (SSSR count). The zero-order chi connectivity index (χ0) is 17.6. The highest BCUT2D eigenvalue weighted by atomic mass is 16.5. The van der Waals surface area contributed by atoms with Crippen molar-refractivity contribution in [2.75, 3.05) is 33.9 Å². The van der Waals surface area contributed by atoms with Gasteiger partial charge in [-0.2, -0.15) is 0 Å². The highest BCUT2D eigenvalue weighted by Crippen LogP contribution is 2.19. The molecule has 1 aromatic carbocycles. The van der Waals surface area contributed by atoms with Gasteiger partial charge < -0.3 is 23.5 Å². The normalized spacial score (nSPS) is 17.5. The van der Waals surface area contributed by atoms with Crippen LogP contribution in [-0.4, -0.2) is 50.8 Å². The summed E-state index contributed by atoms with van der Waals surface area (Å²) in [6.07, 6.45) is 0.687. The second-order valence-electron chi connectivity index (χ2n) is 6.00. The molecule has 25 heavy (non-hydrogen) atoms. The molecule has 1 aromatic heterocycles. The zero-order valence-corrected chi connectivity index (χ0v) is 14.6. The van der Waals surface area contributed by atoms with E-state index in [2.05, 4.69) is 0 Å². The number of hydrogen-bond acceptors (Lipinski definition) is 5. The van der Waals surface area contributed by atoms with Crippen molar-refractivity contribution in [3.63, 3.8) is 0 Å². The van der Waals surface area contributed by atoms with Crippen molar-refractivity contribution in [1.29, 1.82) is 0 Å². The van der Waals surface area contributed by atoms with Crippen LogP contribution in [-0.2, 0) is 22.5 Å². The molecule has 134 valence electrons. The van der Waals surface area contributed by atoms with Gasteiger partial charge in [-0.25, -0.2) is 0 Å². The lowest BCUT2D eigenvalue weighted by atomic mass is 10.1. The third-order valence-corrected chi connectivity index (χ3v) is 4.18. The molecule has 0 unspecified atom stereocenters. The molecule has 0 spiro atoms. The molecule has 6 heteroatoms. The number of rotatable bonds is 6. The van der Waals surface area contributed by atoms with Crippen LogP contribution in [0.2, 0.25) is 0 Å². The van der Waals surface area contributed by atoms with Crippen molar-refractivity contribution < 1.29 is 23.4 Å².